The predicted octanol–water partition coefficient (Wildman–Crippen LogP) is 4.77. The molecule has 6 nitrogen and oxygen atoms in total. The topological polar surface area (TPSA) is 79.4 Å². The monoisotopic (exact) mass is 487 g/mol. The highest BCUT2D eigenvalue weighted by Crippen LogP contribution is 2.33. The van der Waals surface area contributed by atoms with Crippen LogP contribution in [0.15, 0.2) is 59.5 Å². The van der Waals surface area contributed by atoms with E-state index in [4.69, 9.17) is 0 Å². The van der Waals surface area contributed by atoms with Crippen molar-refractivity contribution in [2.45, 2.75) is 17.7 Å². The van der Waals surface area contributed by atoms with Crippen LogP contribution in [0.25, 0.3) is 21.0 Å². The van der Waals surface area contributed by atoms with Crippen LogP contribution < -0.4 is 5.32 Å². The van der Waals surface area contributed by atoms with Gasteiger partial charge in [-0.15, -0.1) is 0 Å². The summed E-state index contributed by atoms with van der Waals surface area (Å²) in [5, 5.41) is 5.52. The van der Waals surface area contributed by atoms with Crippen molar-refractivity contribution < 1.29 is 22.0 Å². The molecule has 0 unspecified atom stereocenters. The fourth-order valence-corrected chi connectivity index (χ4v) is 6.62. The van der Waals surface area contributed by atoms with E-state index < -0.39 is 32.5 Å². The number of carbonyl (C=O) groups is 1. The number of hydrogen-bond acceptors (Lipinski definition) is 5. The molecule has 2 heterocycles. The third kappa shape index (κ3) is 4.09. The Kier molecular flexibility index (Phi) is 5.59. The van der Waals surface area contributed by atoms with Gasteiger partial charge in [0.1, 0.15) is 16.5 Å². The minimum absolute atomic E-state index is 0.0711. The molecule has 170 valence electrons. The molecule has 0 atom stereocenters. The lowest BCUT2D eigenvalue weighted by atomic mass is 9.97. The molecular formula is C23H19F2N3O3S2. The summed E-state index contributed by atoms with van der Waals surface area (Å²) >= 11 is 1.40. The van der Waals surface area contributed by atoms with Gasteiger partial charge in [0.2, 0.25) is 15.9 Å². The van der Waals surface area contributed by atoms with E-state index in [9.17, 15) is 22.0 Å². The second kappa shape index (κ2) is 8.44. The van der Waals surface area contributed by atoms with E-state index >= 15 is 0 Å². The third-order valence-corrected chi connectivity index (χ3v) is 8.80. The first-order valence-electron chi connectivity index (χ1n) is 10.4. The highest BCUT2D eigenvalue weighted by atomic mass is 32.2. The summed E-state index contributed by atoms with van der Waals surface area (Å²) in [6.45, 7) is 0.142. The second-order valence-corrected chi connectivity index (χ2v) is 10.8. The van der Waals surface area contributed by atoms with Crippen molar-refractivity contribution in [1.29, 1.82) is 0 Å². The maximum absolute atomic E-state index is 14.0. The quantitative estimate of drug-likeness (QED) is 0.450. The van der Waals surface area contributed by atoms with Crippen molar-refractivity contribution in [1.82, 2.24) is 9.29 Å². The van der Waals surface area contributed by atoms with Gasteiger partial charge in [-0.2, -0.15) is 4.31 Å². The first-order valence-corrected chi connectivity index (χ1v) is 12.6. The number of fused-ring (bicyclic) bond motifs is 3. The smallest absolute Gasteiger partial charge is 0.245 e. The number of nitrogens with one attached hydrogen (secondary N) is 1. The molecule has 1 amide bonds. The van der Waals surface area contributed by atoms with Crippen LogP contribution in [0.2, 0.25) is 0 Å². The summed E-state index contributed by atoms with van der Waals surface area (Å²) in [7, 11) is -4.11. The second-order valence-electron chi connectivity index (χ2n) is 7.90. The Labute approximate surface area is 192 Å². The van der Waals surface area contributed by atoms with Gasteiger partial charge in [0, 0.05) is 30.5 Å². The molecule has 1 aliphatic heterocycles. The molecule has 1 saturated heterocycles. The molecule has 0 bridgehead atoms. The molecule has 0 aliphatic carbocycles. The van der Waals surface area contributed by atoms with Crippen LogP contribution in [0.5, 0.6) is 0 Å². The highest BCUT2D eigenvalue weighted by Gasteiger charge is 2.34. The zero-order valence-electron chi connectivity index (χ0n) is 17.3. The molecule has 0 spiro atoms. The molecule has 1 aliphatic rings. The molecular weight excluding hydrogens is 468 g/mol. The zero-order valence-corrected chi connectivity index (χ0v) is 18.9. The molecule has 10 heteroatoms. The first kappa shape index (κ1) is 21.9. The largest absolute Gasteiger partial charge is 0.302 e. The van der Waals surface area contributed by atoms with Crippen LogP contribution in [0.4, 0.5) is 13.9 Å². The van der Waals surface area contributed by atoms with Crippen LogP contribution in [-0.2, 0) is 14.8 Å². The summed E-state index contributed by atoms with van der Waals surface area (Å²) < 4.78 is 54.8. The van der Waals surface area contributed by atoms with Crippen molar-refractivity contribution in [3.8, 4) is 0 Å². The number of amides is 1. The van der Waals surface area contributed by atoms with Crippen LogP contribution in [0.1, 0.15) is 12.8 Å². The lowest BCUT2D eigenvalue weighted by Gasteiger charge is -2.30. The van der Waals surface area contributed by atoms with Gasteiger partial charge in [-0.05, 0) is 36.4 Å². The normalized spacial score (nSPS) is 15.8. The van der Waals surface area contributed by atoms with Gasteiger partial charge in [-0.25, -0.2) is 22.2 Å². The van der Waals surface area contributed by atoms with Gasteiger partial charge in [-0.1, -0.05) is 41.7 Å². The molecule has 5 rings (SSSR count). The van der Waals surface area contributed by atoms with Gasteiger partial charge in [0.25, 0.3) is 0 Å². The Hall–Kier alpha value is -2.95. The van der Waals surface area contributed by atoms with Gasteiger partial charge >= 0.3 is 0 Å². The summed E-state index contributed by atoms with van der Waals surface area (Å²) in [4.78, 5) is 16.8. The fourth-order valence-electron chi connectivity index (χ4n) is 4.10. The van der Waals surface area contributed by atoms with Gasteiger partial charge < -0.3 is 5.32 Å². The number of hydrogen-bond donors (Lipinski definition) is 1. The van der Waals surface area contributed by atoms with Gasteiger partial charge in [0.05, 0.1) is 10.2 Å². The molecule has 4 aromatic rings. The highest BCUT2D eigenvalue weighted by molar-refractivity contribution is 7.89. The average Bonchev–Trinajstić information content (AvgIpc) is 3.22. The Morgan fingerprint density at radius 2 is 1.82 bits per heavy atom. The Morgan fingerprint density at radius 3 is 2.58 bits per heavy atom. The molecule has 1 aromatic heterocycles. The lowest BCUT2D eigenvalue weighted by molar-refractivity contribution is -0.120. The number of halogens is 2. The average molecular weight is 488 g/mol. The minimum Gasteiger partial charge on any atom is -0.302 e. The predicted molar refractivity (Wildman–Crippen MR) is 124 cm³/mol. The fraction of sp³-hybridized carbons (Fsp3) is 0.217. The van der Waals surface area contributed by atoms with Crippen LogP contribution in [-0.4, -0.2) is 36.7 Å². The van der Waals surface area contributed by atoms with E-state index in [1.165, 1.54) is 11.3 Å². The number of rotatable bonds is 4. The molecule has 33 heavy (non-hydrogen) atoms. The maximum atomic E-state index is 14.0. The number of nitrogens with zero attached hydrogens (tertiary/aromatic N) is 2. The molecule has 0 saturated carbocycles. The number of aromatic nitrogens is 1. The van der Waals surface area contributed by atoms with Crippen molar-refractivity contribution in [2.24, 2.45) is 5.92 Å². The van der Waals surface area contributed by atoms with E-state index in [-0.39, 0.29) is 19.0 Å². The van der Waals surface area contributed by atoms with Crippen LogP contribution in [0, 0.1) is 17.6 Å². The SMILES string of the molecule is O=C(Nc1nc2ccc3ccccc3c2s1)C1CCN(S(=O)(=O)c2ccc(F)cc2F)CC1. The zero-order chi connectivity index (χ0) is 23.2. The summed E-state index contributed by atoms with van der Waals surface area (Å²) in [5.41, 5.74) is 0.802. The maximum Gasteiger partial charge on any atom is 0.245 e. The van der Waals surface area contributed by atoms with Crippen molar-refractivity contribution in [2.75, 3.05) is 18.4 Å². The molecule has 1 fully saturated rings. The standard InChI is InChI=1S/C23H19F2N3O3S2/c24-16-6-8-20(18(25)13-16)33(30,31)28-11-9-15(10-12-28)22(29)27-23-26-19-7-5-14-3-1-2-4-17(14)21(19)32-23/h1-8,13,15H,9-12H2,(H,26,27,29). The number of carbonyl (C=O) groups excluding carboxylic acids is 1. The number of sulfonamides is 1. The molecule has 1 N–H and O–H groups in total. The Bertz CT molecular complexity index is 1480. The Balaban J connectivity index is 1.28. The van der Waals surface area contributed by atoms with Gasteiger partial charge in [0.15, 0.2) is 5.13 Å². The number of thiazole rings is 1. The minimum atomic E-state index is -4.11. The number of benzene rings is 3. The summed E-state index contributed by atoms with van der Waals surface area (Å²) in [6, 6.07) is 14.3. The van der Waals surface area contributed by atoms with E-state index in [1.54, 1.807) is 0 Å². The molecule has 3 aromatic carbocycles. The van der Waals surface area contributed by atoms with Crippen LogP contribution in [0.3, 0.4) is 0 Å². The molecule has 0 radical (unpaired) electrons. The van der Waals surface area contributed by atoms with E-state index in [1.807, 2.05) is 36.4 Å². The van der Waals surface area contributed by atoms with Gasteiger partial charge in [-0.3, -0.25) is 4.79 Å². The van der Waals surface area contributed by atoms with Crippen LogP contribution >= 0.6 is 11.3 Å². The van der Waals surface area contributed by atoms with E-state index in [2.05, 4.69) is 10.3 Å². The van der Waals surface area contributed by atoms with E-state index in [0.29, 0.717) is 24.0 Å². The summed E-state index contributed by atoms with van der Waals surface area (Å²) in [6.07, 6.45) is 0.587. The first-order chi connectivity index (χ1) is 15.8. The van der Waals surface area contributed by atoms with Crippen molar-refractivity contribution in [3.05, 3.63) is 66.2 Å². The third-order valence-electron chi connectivity index (χ3n) is 5.85. The lowest BCUT2D eigenvalue weighted by Crippen LogP contribution is -2.41. The summed E-state index contributed by atoms with van der Waals surface area (Å²) in [5.74, 6) is -2.58. The number of anilines is 1. The van der Waals surface area contributed by atoms with Crippen molar-refractivity contribution >= 4 is 53.4 Å². The Morgan fingerprint density at radius 1 is 1.06 bits per heavy atom. The van der Waals surface area contributed by atoms with Crippen molar-refractivity contribution in [3.63, 3.8) is 0 Å². The number of piperidine rings is 1. The van der Waals surface area contributed by atoms with E-state index in [0.717, 1.165) is 37.4 Å².